The molecule has 2 N–H and O–H groups in total. The highest BCUT2D eigenvalue weighted by molar-refractivity contribution is 9.10. The first-order chi connectivity index (χ1) is 8.97. The van der Waals surface area contributed by atoms with E-state index in [1.165, 1.54) is 12.1 Å². The van der Waals surface area contributed by atoms with E-state index in [0.29, 0.717) is 16.7 Å². The molecule has 3 nitrogen and oxygen atoms in total. The summed E-state index contributed by atoms with van der Waals surface area (Å²) < 4.78 is 27.5. The van der Waals surface area contributed by atoms with Gasteiger partial charge in [0, 0.05) is 23.1 Å². The van der Waals surface area contributed by atoms with Crippen LogP contribution >= 0.6 is 27.7 Å². The second-order valence-electron chi connectivity index (χ2n) is 3.83. The summed E-state index contributed by atoms with van der Waals surface area (Å²) in [7, 11) is 0. The molecule has 2 aromatic rings. The summed E-state index contributed by atoms with van der Waals surface area (Å²) in [6.45, 7) is 1.78. The van der Waals surface area contributed by atoms with Crippen LogP contribution in [0, 0.1) is 18.6 Å². The van der Waals surface area contributed by atoms with Crippen molar-refractivity contribution in [2.45, 2.75) is 17.8 Å². The SMILES string of the molecule is Cc1cc(N)nc(SCc2c(F)ccc(Br)c2F)n1. The van der Waals surface area contributed by atoms with E-state index in [0.717, 1.165) is 11.8 Å². The molecule has 0 bridgehead atoms. The monoisotopic (exact) mass is 345 g/mol. The van der Waals surface area contributed by atoms with Gasteiger partial charge in [0.15, 0.2) is 5.16 Å². The average Bonchev–Trinajstić information content (AvgIpc) is 2.33. The summed E-state index contributed by atoms with van der Waals surface area (Å²) in [6.07, 6.45) is 0. The lowest BCUT2D eigenvalue weighted by atomic mass is 10.2. The van der Waals surface area contributed by atoms with Crippen molar-refractivity contribution in [3.8, 4) is 0 Å². The molecular weight excluding hydrogens is 336 g/mol. The van der Waals surface area contributed by atoms with E-state index >= 15 is 0 Å². The number of halogens is 3. The number of hydrogen-bond acceptors (Lipinski definition) is 4. The van der Waals surface area contributed by atoms with Gasteiger partial charge in [-0.3, -0.25) is 0 Å². The number of benzene rings is 1. The molecule has 0 aliphatic rings. The Bertz CT molecular complexity index is 602. The molecule has 7 heteroatoms. The highest BCUT2D eigenvalue weighted by atomic mass is 79.9. The summed E-state index contributed by atoms with van der Waals surface area (Å²) in [5.41, 5.74) is 6.29. The van der Waals surface area contributed by atoms with Crippen LogP contribution in [-0.4, -0.2) is 9.97 Å². The molecule has 100 valence electrons. The van der Waals surface area contributed by atoms with E-state index in [9.17, 15) is 8.78 Å². The van der Waals surface area contributed by atoms with Gasteiger partial charge in [0.1, 0.15) is 17.5 Å². The van der Waals surface area contributed by atoms with Crippen molar-refractivity contribution >= 4 is 33.5 Å². The predicted molar refractivity (Wildman–Crippen MR) is 74.8 cm³/mol. The molecule has 2 rings (SSSR count). The molecule has 0 saturated carbocycles. The minimum Gasteiger partial charge on any atom is -0.384 e. The van der Waals surface area contributed by atoms with Crippen molar-refractivity contribution in [2.24, 2.45) is 0 Å². The topological polar surface area (TPSA) is 51.8 Å². The third kappa shape index (κ3) is 3.42. The fourth-order valence-corrected chi connectivity index (χ4v) is 2.76. The lowest BCUT2D eigenvalue weighted by molar-refractivity contribution is 0.562. The number of aromatic nitrogens is 2. The van der Waals surface area contributed by atoms with Crippen molar-refractivity contribution in [1.29, 1.82) is 0 Å². The molecule has 0 radical (unpaired) electrons. The molecule has 0 spiro atoms. The standard InChI is InChI=1S/C12H10BrF2N3S/c1-6-4-10(16)18-12(17-6)19-5-7-9(14)3-2-8(13)11(7)15/h2-4H,5H2,1H3,(H2,16,17,18). The molecule has 1 aromatic carbocycles. The largest absolute Gasteiger partial charge is 0.384 e. The number of nitrogen functional groups attached to an aromatic ring is 1. The maximum atomic E-state index is 13.8. The van der Waals surface area contributed by atoms with Gasteiger partial charge in [-0.25, -0.2) is 18.7 Å². The number of nitrogens with two attached hydrogens (primary N) is 1. The first-order valence-electron chi connectivity index (χ1n) is 5.33. The Balaban J connectivity index is 2.21. The summed E-state index contributed by atoms with van der Waals surface area (Å²) in [5.74, 6) is -0.757. The fourth-order valence-electron chi connectivity index (χ4n) is 1.47. The van der Waals surface area contributed by atoms with Crippen molar-refractivity contribution in [3.63, 3.8) is 0 Å². The number of thioether (sulfide) groups is 1. The Kier molecular flexibility index (Phi) is 4.36. The second-order valence-corrected chi connectivity index (χ2v) is 5.62. The van der Waals surface area contributed by atoms with E-state index < -0.39 is 11.6 Å². The third-order valence-electron chi connectivity index (χ3n) is 2.34. The number of hydrogen-bond donors (Lipinski definition) is 1. The average molecular weight is 346 g/mol. The van der Waals surface area contributed by atoms with Crippen LogP contribution in [0.15, 0.2) is 27.8 Å². The molecule has 0 aliphatic carbocycles. The molecule has 19 heavy (non-hydrogen) atoms. The number of rotatable bonds is 3. The van der Waals surface area contributed by atoms with Gasteiger partial charge in [-0.2, -0.15) is 0 Å². The fraction of sp³-hybridized carbons (Fsp3) is 0.167. The van der Waals surface area contributed by atoms with E-state index in [-0.39, 0.29) is 15.8 Å². The summed E-state index contributed by atoms with van der Waals surface area (Å²) >= 11 is 4.16. The Morgan fingerprint density at radius 3 is 2.74 bits per heavy atom. The molecule has 0 unspecified atom stereocenters. The van der Waals surface area contributed by atoms with Gasteiger partial charge in [0.05, 0.1) is 4.47 Å². The van der Waals surface area contributed by atoms with Crippen molar-refractivity contribution < 1.29 is 8.78 Å². The van der Waals surface area contributed by atoms with E-state index in [2.05, 4.69) is 25.9 Å². The maximum absolute atomic E-state index is 13.8. The number of aryl methyl sites for hydroxylation is 1. The minimum atomic E-state index is -0.604. The molecule has 0 saturated heterocycles. The highest BCUT2D eigenvalue weighted by Gasteiger charge is 2.13. The molecular formula is C12H10BrF2N3S. The number of nitrogens with zero attached hydrogens (tertiary/aromatic N) is 2. The lowest BCUT2D eigenvalue weighted by Crippen LogP contribution is -1.99. The van der Waals surface area contributed by atoms with Crippen molar-refractivity contribution in [2.75, 3.05) is 5.73 Å². The first-order valence-corrected chi connectivity index (χ1v) is 7.11. The van der Waals surface area contributed by atoms with Crippen LogP contribution in [0.2, 0.25) is 0 Å². The van der Waals surface area contributed by atoms with Crippen LogP contribution in [0.5, 0.6) is 0 Å². The quantitative estimate of drug-likeness (QED) is 0.523. The maximum Gasteiger partial charge on any atom is 0.190 e. The Hall–Kier alpha value is -1.21. The zero-order valence-corrected chi connectivity index (χ0v) is 12.4. The van der Waals surface area contributed by atoms with E-state index in [1.54, 1.807) is 13.0 Å². The first kappa shape index (κ1) is 14.2. The lowest BCUT2D eigenvalue weighted by Gasteiger charge is -2.06. The highest BCUT2D eigenvalue weighted by Crippen LogP contribution is 2.27. The Morgan fingerprint density at radius 1 is 1.32 bits per heavy atom. The van der Waals surface area contributed by atoms with E-state index in [4.69, 9.17) is 5.73 Å². The summed E-state index contributed by atoms with van der Waals surface area (Å²) in [4.78, 5) is 8.15. The Morgan fingerprint density at radius 2 is 2.05 bits per heavy atom. The predicted octanol–water partition coefficient (Wildman–Crippen LogP) is 3.70. The Labute approximate surface area is 121 Å². The molecule has 1 heterocycles. The zero-order valence-electron chi connectivity index (χ0n) is 9.95. The van der Waals surface area contributed by atoms with Crippen LogP contribution in [0.25, 0.3) is 0 Å². The van der Waals surface area contributed by atoms with E-state index in [1.807, 2.05) is 0 Å². The minimum absolute atomic E-state index is 0.0111. The molecule has 0 amide bonds. The van der Waals surface area contributed by atoms with Crippen LogP contribution in [0.1, 0.15) is 11.3 Å². The van der Waals surface area contributed by atoms with Gasteiger partial charge in [-0.1, -0.05) is 11.8 Å². The van der Waals surface area contributed by atoms with Gasteiger partial charge in [-0.05, 0) is 35.0 Å². The van der Waals surface area contributed by atoms with Gasteiger partial charge in [0.2, 0.25) is 0 Å². The summed E-state index contributed by atoms with van der Waals surface area (Å²) in [6, 6.07) is 4.18. The normalized spacial score (nSPS) is 10.7. The second kappa shape index (κ2) is 5.83. The van der Waals surface area contributed by atoms with Crippen LogP contribution < -0.4 is 5.73 Å². The van der Waals surface area contributed by atoms with Crippen LogP contribution in [0.3, 0.4) is 0 Å². The van der Waals surface area contributed by atoms with Crippen LogP contribution in [0.4, 0.5) is 14.6 Å². The van der Waals surface area contributed by atoms with Gasteiger partial charge < -0.3 is 5.73 Å². The molecule has 0 aliphatic heterocycles. The van der Waals surface area contributed by atoms with Gasteiger partial charge in [0.25, 0.3) is 0 Å². The van der Waals surface area contributed by atoms with Crippen molar-refractivity contribution in [1.82, 2.24) is 9.97 Å². The smallest absolute Gasteiger partial charge is 0.190 e. The molecule has 0 atom stereocenters. The van der Waals surface area contributed by atoms with Gasteiger partial charge >= 0.3 is 0 Å². The van der Waals surface area contributed by atoms with Crippen LogP contribution in [-0.2, 0) is 5.75 Å². The number of anilines is 1. The van der Waals surface area contributed by atoms with Gasteiger partial charge in [-0.15, -0.1) is 0 Å². The third-order valence-corrected chi connectivity index (χ3v) is 3.82. The summed E-state index contributed by atoms with van der Waals surface area (Å²) in [5, 5.41) is 0.399. The molecule has 0 fully saturated rings. The van der Waals surface area contributed by atoms with Crippen molar-refractivity contribution in [3.05, 3.63) is 45.6 Å². The molecule has 1 aromatic heterocycles. The zero-order chi connectivity index (χ0) is 14.0.